The van der Waals surface area contributed by atoms with Gasteiger partial charge in [0.1, 0.15) is 0 Å². The van der Waals surface area contributed by atoms with Crippen molar-refractivity contribution in [3.05, 3.63) is 34.9 Å². The van der Waals surface area contributed by atoms with Gasteiger partial charge in [-0.05, 0) is 42.9 Å². The lowest BCUT2D eigenvalue weighted by molar-refractivity contribution is 0.626. The predicted molar refractivity (Wildman–Crippen MR) is 56.0 cm³/mol. The van der Waals surface area contributed by atoms with Gasteiger partial charge >= 0.3 is 0 Å². The van der Waals surface area contributed by atoms with E-state index in [0.717, 1.165) is 6.54 Å². The molecule has 0 fully saturated rings. The molecule has 2 N–H and O–H groups in total. The van der Waals surface area contributed by atoms with E-state index in [4.69, 9.17) is 5.73 Å². The van der Waals surface area contributed by atoms with Gasteiger partial charge in [-0.3, -0.25) is 0 Å². The number of nitrogens with two attached hydrogens (primary N) is 1. The van der Waals surface area contributed by atoms with Gasteiger partial charge in [0.25, 0.3) is 0 Å². The van der Waals surface area contributed by atoms with E-state index in [1.807, 2.05) is 0 Å². The summed E-state index contributed by atoms with van der Waals surface area (Å²) in [6.45, 7) is 5.25. The molecule has 0 aromatic heterocycles. The van der Waals surface area contributed by atoms with E-state index >= 15 is 0 Å². The van der Waals surface area contributed by atoms with E-state index < -0.39 is 0 Å². The second-order valence-electron chi connectivity index (χ2n) is 4.20. The quantitative estimate of drug-likeness (QED) is 0.697. The van der Waals surface area contributed by atoms with Crippen molar-refractivity contribution in [1.29, 1.82) is 0 Å². The van der Waals surface area contributed by atoms with E-state index in [9.17, 15) is 0 Å². The van der Waals surface area contributed by atoms with E-state index in [1.165, 1.54) is 23.1 Å². The van der Waals surface area contributed by atoms with Crippen LogP contribution in [-0.4, -0.2) is 6.54 Å². The first-order chi connectivity index (χ1) is 6.22. The molecule has 1 aliphatic carbocycles. The third kappa shape index (κ3) is 1.37. The second kappa shape index (κ2) is 3.15. The average Bonchev–Trinajstić information content (AvgIpc) is 2.43. The van der Waals surface area contributed by atoms with E-state index in [-0.39, 0.29) is 0 Å². The van der Waals surface area contributed by atoms with Crippen LogP contribution >= 0.6 is 0 Å². The second-order valence-corrected chi connectivity index (χ2v) is 4.20. The van der Waals surface area contributed by atoms with Gasteiger partial charge < -0.3 is 5.73 Å². The maximum absolute atomic E-state index is 5.75. The molecule has 1 heteroatoms. The lowest BCUT2D eigenvalue weighted by atomic mass is 10.00. The zero-order chi connectivity index (χ0) is 9.42. The maximum atomic E-state index is 5.75. The molecule has 2 unspecified atom stereocenters. The van der Waals surface area contributed by atoms with Crippen molar-refractivity contribution in [2.24, 2.45) is 5.73 Å². The maximum Gasteiger partial charge on any atom is -0.000791 e. The van der Waals surface area contributed by atoms with Crippen LogP contribution in [0.3, 0.4) is 0 Å². The van der Waals surface area contributed by atoms with Crippen molar-refractivity contribution in [3.8, 4) is 0 Å². The van der Waals surface area contributed by atoms with Crippen molar-refractivity contribution in [1.82, 2.24) is 0 Å². The van der Waals surface area contributed by atoms with Gasteiger partial charge in [-0.25, -0.2) is 0 Å². The molecule has 1 aliphatic rings. The van der Waals surface area contributed by atoms with Gasteiger partial charge in [0.2, 0.25) is 0 Å². The van der Waals surface area contributed by atoms with Crippen LogP contribution in [-0.2, 0) is 0 Å². The Hall–Kier alpha value is -0.820. The van der Waals surface area contributed by atoms with E-state index in [1.54, 1.807) is 0 Å². The van der Waals surface area contributed by atoms with Crippen LogP contribution in [0.25, 0.3) is 0 Å². The largest absolute Gasteiger partial charge is 0.330 e. The Labute approximate surface area is 80.0 Å². The Kier molecular flexibility index (Phi) is 2.12. The molecule has 2 atom stereocenters. The molecule has 0 heterocycles. The molecule has 0 aliphatic heterocycles. The standard InChI is InChI=1S/C12H17N/c1-8-3-4-11-10(7-13)6-9(2)12(11)5-8/h3-5,9-10H,6-7,13H2,1-2H3. The fourth-order valence-corrected chi connectivity index (χ4v) is 2.40. The van der Waals surface area contributed by atoms with Crippen LogP contribution < -0.4 is 5.73 Å². The summed E-state index contributed by atoms with van der Waals surface area (Å²) in [6, 6.07) is 6.76. The highest BCUT2D eigenvalue weighted by molar-refractivity contribution is 5.40. The third-order valence-electron chi connectivity index (χ3n) is 3.14. The molecule has 70 valence electrons. The summed E-state index contributed by atoms with van der Waals surface area (Å²) >= 11 is 0. The molecule has 1 aromatic rings. The minimum absolute atomic E-state index is 0.602. The minimum atomic E-state index is 0.602. The number of aryl methyl sites for hydroxylation is 1. The molecule has 1 nitrogen and oxygen atoms in total. The van der Waals surface area contributed by atoms with Crippen molar-refractivity contribution < 1.29 is 0 Å². The number of hydrogen-bond donors (Lipinski definition) is 1. The highest BCUT2D eigenvalue weighted by Gasteiger charge is 2.26. The minimum Gasteiger partial charge on any atom is -0.330 e. The Balaban J connectivity index is 2.46. The van der Waals surface area contributed by atoms with Crippen LogP contribution in [0.4, 0.5) is 0 Å². The Morgan fingerprint density at radius 2 is 2.15 bits per heavy atom. The number of rotatable bonds is 1. The highest BCUT2D eigenvalue weighted by atomic mass is 14.6. The van der Waals surface area contributed by atoms with Crippen LogP contribution in [0.2, 0.25) is 0 Å². The van der Waals surface area contributed by atoms with E-state index in [2.05, 4.69) is 32.0 Å². The topological polar surface area (TPSA) is 26.0 Å². The van der Waals surface area contributed by atoms with Crippen LogP contribution in [0.15, 0.2) is 18.2 Å². The summed E-state index contributed by atoms with van der Waals surface area (Å²) < 4.78 is 0. The van der Waals surface area contributed by atoms with Crippen LogP contribution in [0, 0.1) is 6.92 Å². The van der Waals surface area contributed by atoms with Gasteiger partial charge in [-0.15, -0.1) is 0 Å². The average molecular weight is 175 g/mol. The SMILES string of the molecule is Cc1ccc2c(c1)C(C)CC2CN. The van der Waals surface area contributed by atoms with Gasteiger partial charge in [-0.1, -0.05) is 30.7 Å². The normalized spacial score (nSPS) is 26.1. The summed E-state index contributed by atoms with van der Waals surface area (Å²) in [5, 5.41) is 0. The molecule has 2 rings (SSSR count). The van der Waals surface area contributed by atoms with Gasteiger partial charge in [0, 0.05) is 0 Å². The van der Waals surface area contributed by atoms with Gasteiger partial charge in [-0.2, -0.15) is 0 Å². The predicted octanol–water partition coefficient (Wildman–Crippen LogP) is 2.54. The summed E-state index contributed by atoms with van der Waals surface area (Å²) in [7, 11) is 0. The number of fused-ring (bicyclic) bond motifs is 1. The fraction of sp³-hybridized carbons (Fsp3) is 0.500. The summed E-state index contributed by atoms with van der Waals surface area (Å²) in [5.41, 5.74) is 10.1. The number of benzene rings is 1. The molecule has 0 saturated carbocycles. The molecule has 0 saturated heterocycles. The molecule has 0 bridgehead atoms. The van der Waals surface area contributed by atoms with Crippen molar-refractivity contribution >= 4 is 0 Å². The molecule has 0 spiro atoms. The first-order valence-electron chi connectivity index (χ1n) is 5.03. The monoisotopic (exact) mass is 175 g/mol. The zero-order valence-electron chi connectivity index (χ0n) is 8.38. The molecule has 13 heavy (non-hydrogen) atoms. The van der Waals surface area contributed by atoms with Gasteiger partial charge in [0.15, 0.2) is 0 Å². The Bertz CT molecular complexity index is 317. The van der Waals surface area contributed by atoms with E-state index in [0.29, 0.717) is 11.8 Å². The third-order valence-corrected chi connectivity index (χ3v) is 3.14. The first-order valence-corrected chi connectivity index (χ1v) is 5.03. The molecule has 0 radical (unpaired) electrons. The van der Waals surface area contributed by atoms with Crippen molar-refractivity contribution in [3.63, 3.8) is 0 Å². The molecule has 0 amide bonds. The number of hydrogen-bond acceptors (Lipinski definition) is 1. The molecule has 1 aromatic carbocycles. The summed E-state index contributed by atoms with van der Waals surface area (Å²) in [6.07, 6.45) is 1.23. The molecular formula is C12H17N. The Morgan fingerprint density at radius 3 is 2.85 bits per heavy atom. The smallest absolute Gasteiger partial charge is 0.000791 e. The van der Waals surface area contributed by atoms with Crippen LogP contribution in [0.5, 0.6) is 0 Å². The lowest BCUT2D eigenvalue weighted by Gasteiger charge is -2.07. The highest BCUT2D eigenvalue weighted by Crippen LogP contribution is 2.40. The zero-order valence-corrected chi connectivity index (χ0v) is 8.38. The van der Waals surface area contributed by atoms with Crippen LogP contribution in [0.1, 0.15) is 41.9 Å². The fourth-order valence-electron chi connectivity index (χ4n) is 2.40. The lowest BCUT2D eigenvalue weighted by Crippen LogP contribution is -2.09. The van der Waals surface area contributed by atoms with Crippen molar-refractivity contribution in [2.75, 3.05) is 6.54 Å². The van der Waals surface area contributed by atoms with Gasteiger partial charge in [0.05, 0.1) is 0 Å². The van der Waals surface area contributed by atoms with Crippen molar-refractivity contribution in [2.45, 2.75) is 32.1 Å². The Morgan fingerprint density at radius 1 is 1.38 bits per heavy atom. The summed E-state index contributed by atoms with van der Waals surface area (Å²) in [5.74, 6) is 1.30. The first kappa shape index (κ1) is 8.76. The summed E-state index contributed by atoms with van der Waals surface area (Å²) in [4.78, 5) is 0. The molecular weight excluding hydrogens is 158 g/mol.